The molecule has 2 N–H and O–H groups in total. The van der Waals surface area contributed by atoms with Crippen molar-refractivity contribution >= 4 is 17.0 Å². The molecule has 0 amide bonds. The van der Waals surface area contributed by atoms with Gasteiger partial charge in [0, 0.05) is 6.20 Å². The topological polar surface area (TPSA) is 69.6 Å². The van der Waals surface area contributed by atoms with Gasteiger partial charge in [-0.15, -0.1) is 0 Å². The largest absolute Gasteiger partial charge is 0.369 e. The number of aryl methyl sites for hydroxylation is 1. The highest BCUT2D eigenvalue weighted by Gasteiger charge is 2.16. The van der Waals surface area contributed by atoms with Crippen molar-refractivity contribution in [2.24, 2.45) is 0 Å². The van der Waals surface area contributed by atoms with Gasteiger partial charge in [0.1, 0.15) is 11.3 Å². The van der Waals surface area contributed by atoms with Crippen LogP contribution in [-0.2, 0) is 6.54 Å². The zero-order valence-electron chi connectivity index (χ0n) is 10.6. The molecule has 0 saturated heterocycles. The highest BCUT2D eigenvalue weighted by atomic mass is 19.2. The average molecular weight is 275 g/mol. The van der Waals surface area contributed by atoms with E-state index in [9.17, 15) is 8.78 Å². The van der Waals surface area contributed by atoms with Crippen LogP contribution in [0.3, 0.4) is 0 Å². The Morgan fingerprint density at radius 2 is 2.00 bits per heavy atom. The van der Waals surface area contributed by atoms with Crippen LogP contribution in [0.5, 0.6) is 0 Å². The van der Waals surface area contributed by atoms with E-state index < -0.39 is 11.6 Å². The van der Waals surface area contributed by atoms with Crippen molar-refractivity contribution in [3.63, 3.8) is 0 Å². The molecule has 0 spiro atoms. The van der Waals surface area contributed by atoms with Crippen LogP contribution in [0.1, 0.15) is 11.5 Å². The van der Waals surface area contributed by atoms with Crippen molar-refractivity contribution in [2.75, 3.05) is 5.73 Å². The number of aromatic nitrogens is 4. The van der Waals surface area contributed by atoms with E-state index >= 15 is 0 Å². The third kappa shape index (κ3) is 1.97. The summed E-state index contributed by atoms with van der Waals surface area (Å²) in [4.78, 5) is 12.2. The molecular weight excluding hydrogens is 264 g/mol. The normalized spacial score (nSPS) is 11.2. The molecule has 0 bridgehead atoms. The molecule has 2 aromatic heterocycles. The number of halogens is 2. The summed E-state index contributed by atoms with van der Waals surface area (Å²) in [6, 6.07) is 4.12. The standard InChI is InChI=1S/C13H11F2N5/c1-7-17-5-4-8(18-7)6-20-12-10(19-13(20)16)3-2-9(14)11(12)15/h2-5H,6H2,1H3,(H2,16,19). The van der Waals surface area contributed by atoms with Gasteiger partial charge < -0.3 is 10.3 Å². The van der Waals surface area contributed by atoms with Crippen LogP contribution in [0.4, 0.5) is 14.7 Å². The number of hydrogen-bond donors (Lipinski definition) is 1. The first-order chi connectivity index (χ1) is 9.56. The molecule has 1 aromatic carbocycles. The first-order valence-electron chi connectivity index (χ1n) is 5.94. The summed E-state index contributed by atoms with van der Waals surface area (Å²) in [7, 11) is 0. The van der Waals surface area contributed by atoms with Gasteiger partial charge in [-0.1, -0.05) is 0 Å². The minimum absolute atomic E-state index is 0.0405. The molecule has 20 heavy (non-hydrogen) atoms. The molecule has 0 aliphatic heterocycles. The van der Waals surface area contributed by atoms with Gasteiger partial charge in [0.05, 0.1) is 17.8 Å². The fraction of sp³-hybridized carbons (Fsp3) is 0.154. The van der Waals surface area contributed by atoms with Crippen molar-refractivity contribution in [3.8, 4) is 0 Å². The van der Waals surface area contributed by atoms with Gasteiger partial charge in [0.25, 0.3) is 0 Å². The van der Waals surface area contributed by atoms with E-state index in [-0.39, 0.29) is 18.0 Å². The number of imidazole rings is 1. The highest BCUT2D eigenvalue weighted by molar-refractivity contribution is 5.79. The number of hydrogen-bond acceptors (Lipinski definition) is 4. The lowest BCUT2D eigenvalue weighted by atomic mass is 10.3. The van der Waals surface area contributed by atoms with Gasteiger partial charge in [-0.25, -0.2) is 23.7 Å². The molecule has 0 unspecified atom stereocenters. The number of benzene rings is 1. The number of fused-ring (bicyclic) bond motifs is 1. The third-order valence-electron chi connectivity index (χ3n) is 2.98. The molecule has 0 aliphatic rings. The Morgan fingerprint density at radius 1 is 1.20 bits per heavy atom. The molecule has 0 aliphatic carbocycles. The molecule has 3 rings (SSSR count). The maximum Gasteiger partial charge on any atom is 0.201 e. The van der Waals surface area contributed by atoms with Crippen molar-refractivity contribution < 1.29 is 8.78 Å². The van der Waals surface area contributed by atoms with E-state index in [2.05, 4.69) is 15.0 Å². The Labute approximate surface area is 113 Å². The molecule has 7 heteroatoms. The Hall–Kier alpha value is -2.57. The number of nitrogens with two attached hydrogens (primary N) is 1. The van der Waals surface area contributed by atoms with Gasteiger partial charge in [-0.3, -0.25) is 0 Å². The maximum atomic E-state index is 13.9. The van der Waals surface area contributed by atoms with Crippen LogP contribution in [0, 0.1) is 18.6 Å². The summed E-state index contributed by atoms with van der Waals surface area (Å²) in [5.41, 5.74) is 6.78. The molecule has 2 heterocycles. The van der Waals surface area contributed by atoms with E-state index in [0.717, 1.165) is 6.07 Å². The summed E-state index contributed by atoms with van der Waals surface area (Å²) in [6.45, 7) is 1.95. The Kier molecular flexibility index (Phi) is 2.81. The second-order valence-corrected chi connectivity index (χ2v) is 4.38. The van der Waals surface area contributed by atoms with Crippen LogP contribution in [0.2, 0.25) is 0 Å². The first-order valence-corrected chi connectivity index (χ1v) is 5.94. The zero-order chi connectivity index (χ0) is 14.3. The van der Waals surface area contributed by atoms with Crippen molar-refractivity contribution in [2.45, 2.75) is 13.5 Å². The first kappa shape index (κ1) is 12.5. The van der Waals surface area contributed by atoms with E-state index in [4.69, 9.17) is 5.73 Å². The van der Waals surface area contributed by atoms with Crippen molar-refractivity contribution in [3.05, 3.63) is 47.5 Å². The predicted molar refractivity (Wildman–Crippen MR) is 69.9 cm³/mol. The highest BCUT2D eigenvalue weighted by Crippen LogP contribution is 2.23. The summed E-state index contributed by atoms with van der Waals surface area (Å²) < 4.78 is 28.7. The molecule has 0 saturated carbocycles. The molecule has 0 fully saturated rings. The van der Waals surface area contributed by atoms with Gasteiger partial charge >= 0.3 is 0 Å². The molecule has 0 atom stereocenters. The smallest absolute Gasteiger partial charge is 0.201 e. The zero-order valence-corrected chi connectivity index (χ0v) is 10.6. The maximum absolute atomic E-state index is 13.9. The van der Waals surface area contributed by atoms with Gasteiger partial charge in [0.2, 0.25) is 5.95 Å². The average Bonchev–Trinajstić information content (AvgIpc) is 2.72. The SMILES string of the molecule is Cc1nccc(Cn2c(N)nc3ccc(F)c(F)c32)n1. The van der Waals surface area contributed by atoms with Gasteiger partial charge in [-0.2, -0.15) is 0 Å². The van der Waals surface area contributed by atoms with E-state index in [0.29, 0.717) is 17.0 Å². The van der Waals surface area contributed by atoms with Crippen LogP contribution in [0.15, 0.2) is 24.4 Å². The van der Waals surface area contributed by atoms with Crippen LogP contribution < -0.4 is 5.73 Å². The number of nitrogen functional groups attached to an aromatic ring is 1. The minimum Gasteiger partial charge on any atom is -0.369 e. The van der Waals surface area contributed by atoms with Gasteiger partial charge in [0.15, 0.2) is 11.6 Å². The lowest BCUT2D eigenvalue weighted by Gasteiger charge is -2.07. The predicted octanol–water partition coefficient (Wildman–Crippen LogP) is 2.04. The van der Waals surface area contributed by atoms with Crippen LogP contribution in [0.25, 0.3) is 11.0 Å². The molecule has 5 nitrogen and oxygen atoms in total. The summed E-state index contributed by atoms with van der Waals surface area (Å²) in [6.07, 6.45) is 1.60. The molecule has 102 valence electrons. The van der Waals surface area contributed by atoms with Crippen LogP contribution in [-0.4, -0.2) is 19.5 Å². The third-order valence-corrected chi connectivity index (χ3v) is 2.98. The Balaban J connectivity index is 2.16. The lowest BCUT2D eigenvalue weighted by Crippen LogP contribution is -2.08. The van der Waals surface area contributed by atoms with E-state index in [1.807, 2.05) is 0 Å². The fourth-order valence-corrected chi connectivity index (χ4v) is 2.09. The number of rotatable bonds is 2. The minimum atomic E-state index is -0.961. The van der Waals surface area contributed by atoms with E-state index in [1.165, 1.54) is 10.6 Å². The number of anilines is 1. The monoisotopic (exact) mass is 275 g/mol. The summed E-state index contributed by atoms with van der Waals surface area (Å²) >= 11 is 0. The summed E-state index contributed by atoms with van der Waals surface area (Å²) in [5.74, 6) is -1.19. The molecule has 0 radical (unpaired) electrons. The Morgan fingerprint density at radius 3 is 2.75 bits per heavy atom. The van der Waals surface area contributed by atoms with E-state index in [1.54, 1.807) is 19.2 Å². The summed E-state index contributed by atoms with van der Waals surface area (Å²) in [5, 5.41) is 0. The second-order valence-electron chi connectivity index (χ2n) is 4.38. The van der Waals surface area contributed by atoms with Crippen LogP contribution >= 0.6 is 0 Å². The Bertz CT molecular complexity index is 797. The lowest BCUT2D eigenvalue weighted by molar-refractivity contribution is 0.512. The fourth-order valence-electron chi connectivity index (χ4n) is 2.09. The van der Waals surface area contributed by atoms with Crippen molar-refractivity contribution in [1.82, 2.24) is 19.5 Å². The number of nitrogens with zero attached hydrogens (tertiary/aromatic N) is 4. The molecular formula is C13H11F2N5. The second kappa shape index (κ2) is 4.52. The van der Waals surface area contributed by atoms with Crippen molar-refractivity contribution in [1.29, 1.82) is 0 Å². The van der Waals surface area contributed by atoms with Gasteiger partial charge in [-0.05, 0) is 25.1 Å². The molecule has 3 aromatic rings. The quantitative estimate of drug-likeness (QED) is 0.777.